The first-order valence-corrected chi connectivity index (χ1v) is 3.77. The molecule has 0 unspecified atom stereocenters. The Hall–Kier alpha value is -1.06. The van der Waals surface area contributed by atoms with Crippen LogP contribution >= 0.6 is 0 Å². The highest BCUT2D eigenvalue weighted by Crippen LogP contribution is 2.18. The first kappa shape index (κ1) is 9.03. The summed E-state index contributed by atoms with van der Waals surface area (Å²) in [6.07, 6.45) is 0. The highest BCUT2D eigenvalue weighted by atomic mass is 16.5. The summed E-state index contributed by atoms with van der Waals surface area (Å²) in [4.78, 5) is 0. The van der Waals surface area contributed by atoms with Crippen LogP contribution in [0.4, 0.5) is 0 Å². The molecule has 0 spiro atoms. The SMILES string of the molecule is COCc1ccc(CN)cc1O. The third-order valence-corrected chi connectivity index (χ3v) is 1.69. The van der Waals surface area contributed by atoms with Crippen molar-refractivity contribution in [2.75, 3.05) is 7.11 Å². The molecule has 0 saturated heterocycles. The molecule has 0 saturated carbocycles. The van der Waals surface area contributed by atoms with Gasteiger partial charge >= 0.3 is 0 Å². The first-order chi connectivity index (χ1) is 5.77. The van der Waals surface area contributed by atoms with Gasteiger partial charge in [-0.3, -0.25) is 0 Å². The highest BCUT2D eigenvalue weighted by Gasteiger charge is 2.00. The molecule has 1 aromatic rings. The molecule has 0 aliphatic heterocycles. The van der Waals surface area contributed by atoms with Crippen LogP contribution in [0.2, 0.25) is 0 Å². The largest absolute Gasteiger partial charge is 0.508 e. The summed E-state index contributed by atoms with van der Waals surface area (Å²) >= 11 is 0. The molecule has 1 aromatic carbocycles. The van der Waals surface area contributed by atoms with E-state index in [0.717, 1.165) is 11.1 Å². The molecule has 0 amide bonds. The Morgan fingerprint density at radius 1 is 1.50 bits per heavy atom. The number of phenols is 1. The number of nitrogens with two attached hydrogens (primary N) is 1. The average molecular weight is 167 g/mol. The minimum absolute atomic E-state index is 0.250. The van der Waals surface area contributed by atoms with Gasteiger partial charge in [-0.1, -0.05) is 12.1 Å². The summed E-state index contributed by atoms with van der Waals surface area (Å²) in [6, 6.07) is 5.36. The predicted octanol–water partition coefficient (Wildman–Crippen LogP) is 0.997. The second kappa shape index (κ2) is 4.09. The standard InChI is InChI=1S/C9H13NO2/c1-12-6-8-3-2-7(5-10)4-9(8)11/h2-4,11H,5-6,10H2,1H3. The molecule has 0 radical (unpaired) electrons. The maximum absolute atomic E-state index is 9.42. The zero-order chi connectivity index (χ0) is 8.97. The van der Waals surface area contributed by atoms with Crippen molar-refractivity contribution in [2.24, 2.45) is 5.73 Å². The number of hydrogen-bond acceptors (Lipinski definition) is 3. The molecule has 66 valence electrons. The van der Waals surface area contributed by atoms with Gasteiger partial charge in [-0.15, -0.1) is 0 Å². The number of hydrogen-bond donors (Lipinski definition) is 2. The van der Waals surface area contributed by atoms with E-state index in [4.69, 9.17) is 10.5 Å². The number of phenolic OH excluding ortho intramolecular Hbond substituents is 1. The maximum atomic E-state index is 9.42. The summed E-state index contributed by atoms with van der Waals surface area (Å²) in [5, 5.41) is 9.42. The topological polar surface area (TPSA) is 55.5 Å². The fraction of sp³-hybridized carbons (Fsp3) is 0.333. The van der Waals surface area contributed by atoms with Crippen molar-refractivity contribution in [1.82, 2.24) is 0 Å². The Labute approximate surface area is 71.8 Å². The first-order valence-electron chi connectivity index (χ1n) is 3.77. The quantitative estimate of drug-likeness (QED) is 0.706. The average Bonchev–Trinajstić information content (AvgIpc) is 2.09. The number of aromatic hydroxyl groups is 1. The van der Waals surface area contributed by atoms with Crippen LogP contribution in [0.5, 0.6) is 5.75 Å². The zero-order valence-electron chi connectivity index (χ0n) is 7.08. The van der Waals surface area contributed by atoms with Gasteiger partial charge in [0.15, 0.2) is 0 Å². The molecule has 0 heterocycles. The molecule has 1 rings (SSSR count). The van der Waals surface area contributed by atoms with Crippen LogP contribution in [0.1, 0.15) is 11.1 Å². The van der Waals surface area contributed by atoms with Crippen molar-refractivity contribution in [3.63, 3.8) is 0 Å². The predicted molar refractivity (Wildman–Crippen MR) is 46.7 cm³/mol. The molecule has 3 heteroatoms. The van der Waals surface area contributed by atoms with Gasteiger partial charge < -0.3 is 15.6 Å². The van der Waals surface area contributed by atoms with E-state index < -0.39 is 0 Å². The molecular formula is C9H13NO2. The van der Waals surface area contributed by atoms with Gasteiger partial charge in [0.25, 0.3) is 0 Å². The Kier molecular flexibility index (Phi) is 3.08. The van der Waals surface area contributed by atoms with Crippen LogP contribution in [-0.4, -0.2) is 12.2 Å². The molecule has 3 N–H and O–H groups in total. The molecule has 0 aliphatic carbocycles. The normalized spacial score (nSPS) is 10.2. The van der Waals surface area contributed by atoms with Crippen LogP contribution in [0, 0.1) is 0 Å². The minimum Gasteiger partial charge on any atom is -0.508 e. The Morgan fingerprint density at radius 2 is 2.25 bits per heavy atom. The lowest BCUT2D eigenvalue weighted by Crippen LogP contribution is -1.97. The molecule has 0 aromatic heterocycles. The van der Waals surface area contributed by atoms with Crippen LogP contribution in [0.3, 0.4) is 0 Å². The smallest absolute Gasteiger partial charge is 0.121 e. The molecule has 0 aliphatic rings. The molecule has 0 bridgehead atoms. The molecule has 12 heavy (non-hydrogen) atoms. The van der Waals surface area contributed by atoms with Gasteiger partial charge in [0.1, 0.15) is 5.75 Å². The van der Waals surface area contributed by atoms with Gasteiger partial charge in [-0.25, -0.2) is 0 Å². The highest BCUT2D eigenvalue weighted by molar-refractivity contribution is 5.35. The zero-order valence-corrected chi connectivity index (χ0v) is 7.08. The lowest BCUT2D eigenvalue weighted by Gasteiger charge is -2.04. The number of benzene rings is 1. The lowest BCUT2D eigenvalue weighted by atomic mass is 10.1. The molecule has 0 fully saturated rings. The van der Waals surface area contributed by atoms with Crippen molar-refractivity contribution < 1.29 is 9.84 Å². The lowest BCUT2D eigenvalue weighted by molar-refractivity contribution is 0.182. The van der Waals surface area contributed by atoms with Crippen molar-refractivity contribution >= 4 is 0 Å². The van der Waals surface area contributed by atoms with Gasteiger partial charge in [0.2, 0.25) is 0 Å². The van der Waals surface area contributed by atoms with Crippen molar-refractivity contribution in [3.05, 3.63) is 29.3 Å². The third-order valence-electron chi connectivity index (χ3n) is 1.69. The van der Waals surface area contributed by atoms with E-state index in [2.05, 4.69) is 0 Å². The van der Waals surface area contributed by atoms with E-state index in [1.807, 2.05) is 12.1 Å². The summed E-state index contributed by atoms with van der Waals surface area (Å²) in [5.41, 5.74) is 7.11. The fourth-order valence-electron chi connectivity index (χ4n) is 1.01. The third kappa shape index (κ3) is 1.96. The molecule has 3 nitrogen and oxygen atoms in total. The van der Waals surface area contributed by atoms with Crippen molar-refractivity contribution in [3.8, 4) is 5.75 Å². The summed E-state index contributed by atoms with van der Waals surface area (Å²) < 4.78 is 4.89. The summed E-state index contributed by atoms with van der Waals surface area (Å²) in [7, 11) is 1.59. The van der Waals surface area contributed by atoms with Crippen LogP contribution in [0.15, 0.2) is 18.2 Å². The molecular weight excluding hydrogens is 154 g/mol. The maximum Gasteiger partial charge on any atom is 0.121 e. The van der Waals surface area contributed by atoms with E-state index in [1.165, 1.54) is 0 Å². The summed E-state index contributed by atoms with van der Waals surface area (Å²) in [5.74, 6) is 0.250. The fourth-order valence-corrected chi connectivity index (χ4v) is 1.01. The van der Waals surface area contributed by atoms with E-state index in [1.54, 1.807) is 13.2 Å². The van der Waals surface area contributed by atoms with Crippen LogP contribution < -0.4 is 5.73 Å². The van der Waals surface area contributed by atoms with Crippen LogP contribution in [-0.2, 0) is 17.9 Å². The van der Waals surface area contributed by atoms with Gasteiger partial charge in [0.05, 0.1) is 6.61 Å². The van der Waals surface area contributed by atoms with E-state index in [9.17, 15) is 5.11 Å². The van der Waals surface area contributed by atoms with E-state index in [0.29, 0.717) is 13.2 Å². The Morgan fingerprint density at radius 3 is 2.75 bits per heavy atom. The number of ether oxygens (including phenoxy) is 1. The van der Waals surface area contributed by atoms with Crippen molar-refractivity contribution in [1.29, 1.82) is 0 Å². The number of methoxy groups -OCH3 is 1. The van der Waals surface area contributed by atoms with Gasteiger partial charge in [-0.05, 0) is 11.6 Å². The Bertz CT molecular complexity index is 261. The molecule has 0 atom stereocenters. The van der Waals surface area contributed by atoms with Gasteiger partial charge in [0, 0.05) is 19.2 Å². The number of rotatable bonds is 3. The Balaban J connectivity index is 2.87. The monoisotopic (exact) mass is 167 g/mol. The van der Waals surface area contributed by atoms with Crippen LogP contribution in [0.25, 0.3) is 0 Å². The second-order valence-corrected chi connectivity index (χ2v) is 2.60. The van der Waals surface area contributed by atoms with E-state index >= 15 is 0 Å². The minimum atomic E-state index is 0.250. The second-order valence-electron chi connectivity index (χ2n) is 2.60. The van der Waals surface area contributed by atoms with E-state index in [-0.39, 0.29) is 5.75 Å². The van der Waals surface area contributed by atoms with Crippen molar-refractivity contribution in [2.45, 2.75) is 13.2 Å². The van der Waals surface area contributed by atoms with Gasteiger partial charge in [-0.2, -0.15) is 0 Å². The summed E-state index contributed by atoms with van der Waals surface area (Å²) in [6.45, 7) is 0.873.